The van der Waals surface area contributed by atoms with Crippen LogP contribution >= 0.6 is 11.3 Å². The molecule has 2 aromatic carbocycles. The van der Waals surface area contributed by atoms with Crippen LogP contribution in [0.4, 0.5) is 0 Å². The lowest BCUT2D eigenvalue weighted by Gasteiger charge is -2.28. The standard InChI is InChI=1S/C35H36N4O5S/c1-21-34(45-22(2)39(21)43)29-13-9-24-18-25(10-12-28(24)36-29)33-32(23-6-4-3-5-7-23)27-11-8-26(35(41)42)19-30(27)38(33)20-31(40)37-14-16-44-17-15-37/h8-13,18-19,23H,3-7,14-17,20H2,1-2H3,(H,41,42). The van der Waals surface area contributed by atoms with Crippen LogP contribution in [-0.2, 0) is 16.1 Å². The molecule has 5 aromatic rings. The number of carboxylic acid groups (broad SMARTS) is 1. The van der Waals surface area contributed by atoms with E-state index in [4.69, 9.17) is 9.72 Å². The van der Waals surface area contributed by atoms with E-state index in [-0.39, 0.29) is 18.0 Å². The predicted octanol–water partition coefficient (Wildman–Crippen LogP) is 6.44. The van der Waals surface area contributed by atoms with E-state index in [0.717, 1.165) is 74.0 Å². The van der Waals surface area contributed by atoms with Gasteiger partial charge in [0, 0.05) is 37.7 Å². The number of nitrogens with zero attached hydrogens (tertiary/aromatic N) is 4. The van der Waals surface area contributed by atoms with Gasteiger partial charge in [-0.05, 0) is 60.2 Å². The number of carbonyl (C=O) groups is 2. The Morgan fingerprint density at radius 2 is 1.82 bits per heavy atom. The lowest BCUT2D eigenvalue weighted by molar-refractivity contribution is -0.612. The molecule has 1 saturated carbocycles. The Morgan fingerprint density at radius 3 is 2.53 bits per heavy atom. The number of morpholine rings is 1. The molecule has 7 rings (SSSR count). The van der Waals surface area contributed by atoms with E-state index in [1.807, 2.05) is 43.0 Å². The van der Waals surface area contributed by atoms with Crippen LogP contribution in [0, 0.1) is 19.1 Å². The van der Waals surface area contributed by atoms with Crippen molar-refractivity contribution in [1.82, 2.24) is 14.5 Å². The molecule has 0 bridgehead atoms. The van der Waals surface area contributed by atoms with E-state index in [1.165, 1.54) is 23.3 Å². The molecule has 1 N–H and O–H groups in total. The summed E-state index contributed by atoms with van der Waals surface area (Å²) in [7, 11) is 0. The highest BCUT2D eigenvalue weighted by atomic mass is 32.1. The third-order valence-electron chi connectivity index (χ3n) is 9.39. The SMILES string of the molecule is Cc1sc(-c2ccc3cc(-c4c(C5CCCCC5)c5ccc(C(=O)O)cc5n4CC(=O)N4CCOCC4)ccc3n2)c(C)[n+]1[O-]. The summed E-state index contributed by atoms with van der Waals surface area (Å²) in [5, 5.41) is 24.9. The van der Waals surface area contributed by atoms with Crippen LogP contribution < -0.4 is 4.73 Å². The van der Waals surface area contributed by atoms with Crippen LogP contribution in [0.1, 0.15) is 64.6 Å². The third kappa shape index (κ3) is 5.36. The van der Waals surface area contributed by atoms with Crippen molar-refractivity contribution in [1.29, 1.82) is 0 Å². The van der Waals surface area contributed by atoms with Crippen molar-refractivity contribution in [2.75, 3.05) is 26.3 Å². The van der Waals surface area contributed by atoms with E-state index in [1.54, 1.807) is 12.1 Å². The number of amides is 1. The minimum absolute atomic E-state index is 0.00306. The zero-order valence-electron chi connectivity index (χ0n) is 25.5. The monoisotopic (exact) mass is 624 g/mol. The number of rotatable bonds is 6. The molecule has 45 heavy (non-hydrogen) atoms. The highest BCUT2D eigenvalue weighted by Crippen LogP contribution is 2.45. The van der Waals surface area contributed by atoms with Crippen molar-refractivity contribution in [3.8, 4) is 21.8 Å². The summed E-state index contributed by atoms with van der Waals surface area (Å²) in [4.78, 5) is 33.5. The number of aryl methyl sites for hydroxylation is 1. The Balaban J connectivity index is 1.41. The van der Waals surface area contributed by atoms with Crippen molar-refractivity contribution in [3.05, 3.63) is 75.6 Å². The van der Waals surface area contributed by atoms with E-state index in [2.05, 4.69) is 16.7 Å². The molecule has 0 radical (unpaired) electrons. The first-order valence-corrected chi connectivity index (χ1v) is 16.5. The second kappa shape index (κ2) is 11.9. The molecule has 2 aliphatic rings. The molecular formula is C35H36N4O5S. The average molecular weight is 625 g/mol. The van der Waals surface area contributed by atoms with Gasteiger partial charge in [0.2, 0.25) is 16.6 Å². The van der Waals surface area contributed by atoms with Crippen molar-refractivity contribution < 1.29 is 24.2 Å². The smallest absolute Gasteiger partial charge is 0.335 e. The zero-order valence-corrected chi connectivity index (χ0v) is 26.4. The van der Waals surface area contributed by atoms with Gasteiger partial charge in [0.1, 0.15) is 11.4 Å². The summed E-state index contributed by atoms with van der Waals surface area (Å²) in [5.41, 5.74) is 6.36. The minimum Gasteiger partial charge on any atom is -0.618 e. The first kappa shape index (κ1) is 29.4. The van der Waals surface area contributed by atoms with Gasteiger partial charge in [0.05, 0.1) is 41.2 Å². The maximum absolute atomic E-state index is 13.7. The zero-order chi connectivity index (χ0) is 31.2. The maximum atomic E-state index is 13.7. The number of carboxylic acids is 1. The average Bonchev–Trinajstić information content (AvgIpc) is 3.53. The number of fused-ring (bicyclic) bond motifs is 2. The van der Waals surface area contributed by atoms with Gasteiger partial charge < -0.3 is 24.5 Å². The molecule has 232 valence electrons. The largest absolute Gasteiger partial charge is 0.618 e. The second-order valence-electron chi connectivity index (χ2n) is 12.1. The van der Waals surface area contributed by atoms with Gasteiger partial charge in [-0.25, -0.2) is 9.78 Å². The Labute approximate surface area is 265 Å². The molecule has 3 aromatic heterocycles. The number of hydrogen-bond acceptors (Lipinski definition) is 6. The van der Waals surface area contributed by atoms with Crippen molar-refractivity contribution in [3.63, 3.8) is 0 Å². The first-order chi connectivity index (χ1) is 21.8. The molecule has 0 unspecified atom stereocenters. The number of carbonyl (C=O) groups excluding carboxylic acids is 1. The van der Waals surface area contributed by atoms with E-state index in [0.29, 0.717) is 42.9 Å². The van der Waals surface area contributed by atoms with Gasteiger partial charge in [0.15, 0.2) is 0 Å². The number of thiazole rings is 1. The normalized spacial score (nSPS) is 16.1. The van der Waals surface area contributed by atoms with Gasteiger partial charge >= 0.3 is 5.97 Å². The minimum atomic E-state index is -0.990. The molecule has 10 heteroatoms. The summed E-state index contributed by atoms with van der Waals surface area (Å²) < 4.78 is 8.50. The molecule has 4 heterocycles. The number of ether oxygens (including phenoxy) is 1. The van der Waals surface area contributed by atoms with Crippen molar-refractivity contribution in [2.45, 2.75) is 58.4 Å². The number of aromatic carboxylic acids is 1. The van der Waals surface area contributed by atoms with Crippen LogP contribution in [0.3, 0.4) is 0 Å². The molecule has 2 fully saturated rings. The summed E-state index contributed by atoms with van der Waals surface area (Å²) in [5.74, 6) is -0.681. The third-order valence-corrected chi connectivity index (χ3v) is 10.6. The molecular weight excluding hydrogens is 588 g/mol. The first-order valence-electron chi connectivity index (χ1n) is 15.7. The maximum Gasteiger partial charge on any atom is 0.335 e. The van der Waals surface area contributed by atoms with Gasteiger partial charge in [-0.15, -0.1) is 0 Å². The fourth-order valence-electron chi connectivity index (χ4n) is 7.07. The van der Waals surface area contributed by atoms with Crippen LogP contribution in [0.15, 0.2) is 48.5 Å². The van der Waals surface area contributed by atoms with E-state index in [9.17, 15) is 19.9 Å². The number of hydrogen-bond donors (Lipinski definition) is 1. The van der Waals surface area contributed by atoms with Gasteiger partial charge in [-0.3, -0.25) is 4.79 Å². The molecule has 0 atom stereocenters. The lowest BCUT2D eigenvalue weighted by Crippen LogP contribution is -2.42. The molecule has 1 aliphatic heterocycles. The van der Waals surface area contributed by atoms with Crippen LogP contribution in [0.5, 0.6) is 0 Å². The topological polar surface area (TPSA) is 112 Å². The summed E-state index contributed by atoms with van der Waals surface area (Å²) in [6, 6.07) is 15.5. The molecule has 1 saturated heterocycles. The van der Waals surface area contributed by atoms with Crippen molar-refractivity contribution in [2.24, 2.45) is 0 Å². The van der Waals surface area contributed by atoms with Crippen molar-refractivity contribution >= 4 is 45.0 Å². The van der Waals surface area contributed by atoms with Gasteiger partial charge in [-0.1, -0.05) is 48.8 Å². The van der Waals surface area contributed by atoms with E-state index < -0.39 is 5.97 Å². The van der Waals surface area contributed by atoms with Gasteiger partial charge in [-0.2, -0.15) is 4.73 Å². The molecule has 1 amide bonds. The molecule has 1 aliphatic carbocycles. The number of pyridine rings is 1. The van der Waals surface area contributed by atoms with Crippen LogP contribution in [0.2, 0.25) is 0 Å². The predicted molar refractivity (Wildman–Crippen MR) is 175 cm³/mol. The fourth-order valence-corrected chi connectivity index (χ4v) is 8.03. The highest BCUT2D eigenvalue weighted by Gasteiger charge is 2.29. The Hall–Kier alpha value is -4.28. The summed E-state index contributed by atoms with van der Waals surface area (Å²) in [6.07, 6.45) is 5.62. The Bertz CT molecular complexity index is 1950. The summed E-state index contributed by atoms with van der Waals surface area (Å²) >= 11 is 1.44. The van der Waals surface area contributed by atoms with E-state index >= 15 is 0 Å². The van der Waals surface area contributed by atoms with Gasteiger partial charge in [0.25, 0.3) is 0 Å². The quantitative estimate of drug-likeness (QED) is 0.172. The van der Waals surface area contributed by atoms with Crippen LogP contribution in [-0.4, -0.2) is 57.7 Å². The Morgan fingerprint density at radius 1 is 1.04 bits per heavy atom. The summed E-state index contributed by atoms with van der Waals surface area (Å²) in [6.45, 7) is 5.86. The van der Waals surface area contributed by atoms with Crippen LogP contribution in [0.25, 0.3) is 43.6 Å². The second-order valence-corrected chi connectivity index (χ2v) is 13.4. The lowest BCUT2D eigenvalue weighted by atomic mass is 9.81. The molecule has 0 spiro atoms. The highest BCUT2D eigenvalue weighted by molar-refractivity contribution is 7.14. The number of benzene rings is 2. The fraction of sp³-hybridized carbons (Fsp3) is 0.371. The Kier molecular flexibility index (Phi) is 7.79. The molecule has 9 nitrogen and oxygen atoms in total. The number of aromatic nitrogens is 3.